The molecule has 0 atom stereocenters. The molecule has 0 aliphatic heterocycles. The van der Waals surface area contributed by atoms with Gasteiger partial charge in [-0.3, -0.25) is 0 Å². The van der Waals surface area contributed by atoms with Crippen molar-refractivity contribution < 1.29 is 4.74 Å². The Morgan fingerprint density at radius 2 is 2.14 bits per heavy atom. The van der Waals surface area contributed by atoms with Crippen LogP contribution in [0.25, 0.3) is 10.1 Å². The Balaban J connectivity index is 2.50. The van der Waals surface area contributed by atoms with E-state index < -0.39 is 0 Å². The van der Waals surface area contributed by atoms with Crippen LogP contribution in [0.5, 0.6) is 5.75 Å². The maximum atomic E-state index is 5.93. The van der Waals surface area contributed by atoms with Crippen molar-refractivity contribution in [3.8, 4) is 5.75 Å². The Bertz CT molecular complexity index is 447. The zero-order chi connectivity index (χ0) is 10.1. The molecule has 0 aliphatic carbocycles. The van der Waals surface area contributed by atoms with Gasteiger partial charge in [0.2, 0.25) is 0 Å². The molecule has 2 aromatic rings. The summed E-state index contributed by atoms with van der Waals surface area (Å²) in [4.78, 5) is 0. The van der Waals surface area contributed by atoms with Crippen molar-refractivity contribution in [1.82, 2.24) is 0 Å². The van der Waals surface area contributed by atoms with Gasteiger partial charge in [-0.2, -0.15) is 0 Å². The molecule has 3 heteroatoms. The molecule has 1 nitrogen and oxygen atoms in total. The Morgan fingerprint density at radius 3 is 2.86 bits per heavy atom. The zero-order valence-corrected chi connectivity index (χ0v) is 9.65. The van der Waals surface area contributed by atoms with Gasteiger partial charge in [-0.1, -0.05) is 11.6 Å². The van der Waals surface area contributed by atoms with Gasteiger partial charge in [0.1, 0.15) is 5.75 Å². The highest BCUT2D eigenvalue weighted by Gasteiger charge is 2.06. The van der Waals surface area contributed by atoms with Crippen LogP contribution in [-0.4, -0.2) is 6.10 Å². The molecule has 0 spiro atoms. The van der Waals surface area contributed by atoms with Gasteiger partial charge >= 0.3 is 0 Å². The van der Waals surface area contributed by atoms with Crippen LogP contribution in [0.1, 0.15) is 13.8 Å². The van der Waals surface area contributed by atoms with Crippen LogP contribution in [0.4, 0.5) is 0 Å². The average Bonchev–Trinajstić information content (AvgIpc) is 2.47. The predicted molar refractivity (Wildman–Crippen MR) is 62.6 cm³/mol. The summed E-state index contributed by atoms with van der Waals surface area (Å²) in [6.07, 6.45) is 0.201. The van der Waals surface area contributed by atoms with Crippen molar-refractivity contribution in [3.05, 3.63) is 28.6 Å². The predicted octanol–water partition coefficient (Wildman–Crippen LogP) is 4.34. The van der Waals surface area contributed by atoms with Gasteiger partial charge < -0.3 is 4.74 Å². The second kappa shape index (κ2) is 3.79. The lowest BCUT2D eigenvalue weighted by molar-refractivity contribution is 0.246. The number of halogens is 1. The number of rotatable bonds is 2. The van der Waals surface area contributed by atoms with Crippen LogP contribution in [0.2, 0.25) is 5.02 Å². The Morgan fingerprint density at radius 1 is 1.36 bits per heavy atom. The molecule has 14 heavy (non-hydrogen) atoms. The van der Waals surface area contributed by atoms with Gasteiger partial charge in [0.05, 0.1) is 6.10 Å². The van der Waals surface area contributed by atoms with Gasteiger partial charge in [0.25, 0.3) is 0 Å². The molecule has 0 N–H and O–H groups in total. The quantitative estimate of drug-likeness (QED) is 0.740. The van der Waals surface area contributed by atoms with Crippen molar-refractivity contribution in [2.75, 3.05) is 0 Å². The van der Waals surface area contributed by atoms with E-state index in [1.165, 1.54) is 4.70 Å². The lowest BCUT2D eigenvalue weighted by Gasteiger charge is -2.07. The van der Waals surface area contributed by atoms with Crippen LogP contribution in [0, 0.1) is 0 Å². The molecule has 0 amide bonds. The normalized spacial score (nSPS) is 11.1. The largest absolute Gasteiger partial charge is 0.489 e. The van der Waals surface area contributed by atoms with Gasteiger partial charge in [0.15, 0.2) is 0 Å². The Hall–Kier alpha value is -0.730. The summed E-state index contributed by atoms with van der Waals surface area (Å²) in [5.41, 5.74) is 0. The summed E-state index contributed by atoms with van der Waals surface area (Å²) >= 11 is 7.61. The molecule has 0 unspecified atom stereocenters. The molecule has 0 radical (unpaired) electrons. The van der Waals surface area contributed by atoms with E-state index in [9.17, 15) is 0 Å². The monoisotopic (exact) mass is 226 g/mol. The molecule has 1 aromatic carbocycles. The third kappa shape index (κ3) is 1.86. The van der Waals surface area contributed by atoms with E-state index in [0.29, 0.717) is 0 Å². The average molecular weight is 227 g/mol. The van der Waals surface area contributed by atoms with Gasteiger partial charge in [-0.15, -0.1) is 11.3 Å². The highest BCUT2D eigenvalue weighted by Crippen LogP contribution is 2.34. The zero-order valence-electron chi connectivity index (χ0n) is 8.08. The van der Waals surface area contributed by atoms with Crippen molar-refractivity contribution >= 4 is 33.0 Å². The minimum Gasteiger partial charge on any atom is -0.489 e. The van der Waals surface area contributed by atoms with E-state index in [4.69, 9.17) is 16.3 Å². The third-order valence-corrected chi connectivity index (χ3v) is 3.04. The second-order valence-electron chi connectivity index (χ2n) is 3.41. The SMILES string of the molecule is CC(C)Oc1csc2ccc(Cl)cc12. The summed E-state index contributed by atoms with van der Waals surface area (Å²) in [6, 6.07) is 5.88. The molecular weight excluding hydrogens is 216 g/mol. The van der Waals surface area contributed by atoms with Crippen LogP contribution >= 0.6 is 22.9 Å². The summed E-state index contributed by atoms with van der Waals surface area (Å²) in [6.45, 7) is 4.04. The molecule has 0 fully saturated rings. The summed E-state index contributed by atoms with van der Waals surface area (Å²) < 4.78 is 6.89. The first-order valence-corrected chi connectivity index (χ1v) is 5.76. The molecule has 2 rings (SSSR count). The number of hydrogen-bond donors (Lipinski definition) is 0. The van der Waals surface area contributed by atoms with E-state index in [0.717, 1.165) is 16.2 Å². The Labute approximate surface area is 92.3 Å². The van der Waals surface area contributed by atoms with Gasteiger partial charge in [-0.05, 0) is 32.0 Å². The smallest absolute Gasteiger partial charge is 0.138 e. The summed E-state index contributed by atoms with van der Waals surface area (Å²) in [5, 5.41) is 3.89. The van der Waals surface area contributed by atoms with Crippen LogP contribution in [0.3, 0.4) is 0 Å². The van der Waals surface area contributed by atoms with E-state index in [1.807, 2.05) is 37.4 Å². The summed E-state index contributed by atoms with van der Waals surface area (Å²) in [7, 11) is 0. The fourth-order valence-electron chi connectivity index (χ4n) is 1.32. The number of hydrogen-bond acceptors (Lipinski definition) is 2. The van der Waals surface area contributed by atoms with Gasteiger partial charge in [0, 0.05) is 20.5 Å². The van der Waals surface area contributed by atoms with Crippen molar-refractivity contribution in [1.29, 1.82) is 0 Å². The molecule has 74 valence electrons. The van der Waals surface area contributed by atoms with Crippen LogP contribution < -0.4 is 4.74 Å². The number of ether oxygens (including phenoxy) is 1. The standard InChI is InChI=1S/C11H11ClOS/c1-7(2)13-10-6-14-11-4-3-8(12)5-9(10)11/h3-7H,1-2H3. The topological polar surface area (TPSA) is 9.23 Å². The van der Waals surface area contributed by atoms with E-state index >= 15 is 0 Å². The lowest BCUT2D eigenvalue weighted by atomic mass is 10.2. The number of thiophene rings is 1. The fraction of sp³-hybridized carbons (Fsp3) is 0.273. The van der Waals surface area contributed by atoms with Gasteiger partial charge in [-0.25, -0.2) is 0 Å². The van der Waals surface area contributed by atoms with Crippen LogP contribution in [-0.2, 0) is 0 Å². The first-order chi connectivity index (χ1) is 6.66. The number of benzene rings is 1. The maximum absolute atomic E-state index is 5.93. The molecule has 1 aromatic heterocycles. The molecule has 0 saturated heterocycles. The van der Waals surface area contributed by atoms with Crippen molar-refractivity contribution in [2.45, 2.75) is 20.0 Å². The minimum atomic E-state index is 0.201. The fourth-order valence-corrected chi connectivity index (χ4v) is 2.34. The third-order valence-electron chi connectivity index (χ3n) is 1.86. The highest BCUT2D eigenvalue weighted by atomic mass is 35.5. The van der Waals surface area contributed by atoms with Crippen LogP contribution in [0.15, 0.2) is 23.6 Å². The first kappa shape index (κ1) is 9.81. The summed E-state index contributed by atoms with van der Waals surface area (Å²) in [5.74, 6) is 0.933. The van der Waals surface area contributed by atoms with E-state index in [1.54, 1.807) is 11.3 Å². The van der Waals surface area contributed by atoms with Crippen molar-refractivity contribution in [3.63, 3.8) is 0 Å². The molecule has 1 heterocycles. The first-order valence-electron chi connectivity index (χ1n) is 4.50. The number of fused-ring (bicyclic) bond motifs is 1. The van der Waals surface area contributed by atoms with Crippen molar-refractivity contribution in [2.24, 2.45) is 0 Å². The lowest BCUT2D eigenvalue weighted by Crippen LogP contribution is -2.04. The minimum absolute atomic E-state index is 0.201. The molecule has 0 bridgehead atoms. The second-order valence-corrected chi connectivity index (χ2v) is 4.75. The highest BCUT2D eigenvalue weighted by molar-refractivity contribution is 7.17. The van der Waals surface area contributed by atoms with E-state index in [-0.39, 0.29) is 6.10 Å². The molecule has 0 aliphatic rings. The molecular formula is C11H11ClOS. The van der Waals surface area contributed by atoms with E-state index in [2.05, 4.69) is 0 Å². The Kier molecular flexibility index (Phi) is 2.66. The molecule has 0 saturated carbocycles. The maximum Gasteiger partial charge on any atom is 0.138 e.